The van der Waals surface area contributed by atoms with E-state index in [-0.39, 0.29) is 12.4 Å². The van der Waals surface area contributed by atoms with Gasteiger partial charge in [0.05, 0.1) is 0 Å². The first-order chi connectivity index (χ1) is 9.15. The molecule has 0 aromatic heterocycles. The van der Waals surface area contributed by atoms with E-state index in [9.17, 15) is 9.90 Å². The highest BCUT2D eigenvalue weighted by Gasteiger charge is 2.06. The van der Waals surface area contributed by atoms with Crippen molar-refractivity contribution in [1.29, 1.82) is 0 Å². The zero-order valence-electron chi connectivity index (χ0n) is 10.5. The van der Waals surface area contributed by atoms with Crippen LogP contribution in [0.2, 0.25) is 0 Å². The van der Waals surface area contributed by atoms with Crippen molar-refractivity contribution in [2.45, 2.75) is 13.5 Å². The lowest BCUT2D eigenvalue weighted by molar-refractivity contribution is -0.142. The van der Waals surface area contributed by atoms with Crippen molar-refractivity contribution >= 4 is 5.97 Å². The standard InChI is InChI=1S/C15H14O4/c1-11(16)18-10-12-9-14(7-8-15(12)17)19-13-5-3-2-4-6-13/h2-9,17H,10H2,1H3. The van der Waals surface area contributed by atoms with E-state index in [1.165, 1.54) is 13.0 Å². The zero-order chi connectivity index (χ0) is 13.7. The van der Waals surface area contributed by atoms with E-state index in [0.29, 0.717) is 17.1 Å². The lowest BCUT2D eigenvalue weighted by atomic mass is 10.2. The summed E-state index contributed by atoms with van der Waals surface area (Å²) >= 11 is 0. The number of aromatic hydroxyl groups is 1. The Morgan fingerprint density at radius 3 is 2.53 bits per heavy atom. The highest BCUT2D eigenvalue weighted by atomic mass is 16.5. The van der Waals surface area contributed by atoms with Crippen molar-refractivity contribution in [3.63, 3.8) is 0 Å². The summed E-state index contributed by atoms with van der Waals surface area (Å²) in [5, 5.41) is 9.67. The molecule has 19 heavy (non-hydrogen) atoms. The molecule has 1 N–H and O–H groups in total. The van der Waals surface area contributed by atoms with Crippen LogP contribution in [-0.4, -0.2) is 11.1 Å². The maximum Gasteiger partial charge on any atom is 0.302 e. The van der Waals surface area contributed by atoms with Gasteiger partial charge in [0.25, 0.3) is 0 Å². The quantitative estimate of drug-likeness (QED) is 0.855. The Morgan fingerprint density at radius 2 is 1.84 bits per heavy atom. The van der Waals surface area contributed by atoms with Crippen LogP contribution in [0.15, 0.2) is 48.5 Å². The number of carbonyl (C=O) groups excluding carboxylic acids is 1. The number of rotatable bonds is 4. The van der Waals surface area contributed by atoms with Crippen LogP contribution >= 0.6 is 0 Å². The molecule has 0 aliphatic carbocycles. The van der Waals surface area contributed by atoms with Gasteiger partial charge in [-0.3, -0.25) is 4.79 Å². The summed E-state index contributed by atoms with van der Waals surface area (Å²) in [6.07, 6.45) is 0. The second kappa shape index (κ2) is 5.91. The molecule has 98 valence electrons. The molecular formula is C15H14O4. The van der Waals surface area contributed by atoms with Gasteiger partial charge in [-0.15, -0.1) is 0 Å². The van der Waals surface area contributed by atoms with Crippen LogP contribution in [0.4, 0.5) is 0 Å². The van der Waals surface area contributed by atoms with Gasteiger partial charge >= 0.3 is 5.97 Å². The minimum absolute atomic E-state index is 0.0210. The van der Waals surface area contributed by atoms with Crippen molar-refractivity contribution in [3.8, 4) is 17.2 Å². The summed E-state index contributed by atoms with van der Waals surface area (Å²) in [5.41, 5.74) is 0.503. The molecular weight excluding hydrogens is 244 g/mol. The molecule has 0 saturated heterocycles. The highest BCUT2D eigenvalue weighted by Crippen LogP contribution is 2.27. The van der Waals surface area contributed by atoms with Gasteiger partial charge in [0.2, 0.25) is 0 Å². The number of hydrogen-bond acceptors (Lipinski definition) is 4. The summed E-state index contributed by atoms with van der Waals surface area (Å²) in [5.74, 6) is 0.952. The minimum atomic E-state index is -0.395. The third-order valence-corrected chi connectivity index (χ3v) is 2.46. The van der Waals surface area contributed by atoms with Crippen LogP contribution in [0, 0.1) is 0 Å². The largest absolute Gasteiger partial charge is 0.508 e. The van der Waals surface area contributed by atoms with Crippen molar-refractivity contribution in [1.82, 2.24) is 0 Å². The molecule has 0 bridgehead atoms. The van der Waals surface area contributed by atoms with E-state index in [4.69, 9.17) is 9.47 Å². The fourth-order valence-electron chi connectivity index (χ4n) is 1.54. The number of ether oxygens (including phenoxy) is 2. The summed E-state index contributed by atoms with van der Waals surface area (Å²) in [7, 11) is 0. The number of carbonyl (C=O) groups is 1. The van der Waals surface area contributed by atoms with Gasteiger partial charge in [0, 0.05) is 12.5 Å². The molecule has 4 heteroatoms. The maximum atomic E-state index is 10.8. The van der Waals surface area contributed by atoms with Crippen LogP contribution in [0.3, 0.4) is 0 Å². The molecule has 0 atom stereocenters. The summed E-state index contributed by atoms with van der Waals surface area (Å²) in [6.45, 7) is 1.34. The van der Waals surface area contributed by atoms with Crippen molar-refractivity contribution in [2.75, 3.05) is 0 Å². The van der Waals surface area contributed by atoms with Crippen molar-refractivity contribution in [2.24, 2.45) is 0 Å². The molecule has 0 spiro atoms. The van der Waals surface area contributed by atoms with Crippen molar-refractivity contribution < 1.29 is 19.4 Å². The Labute approximate surface area is 111 Å². The number of esters is 1. The van der Waals surface area contributed by atoms with E-state index in [1.807, 2.05) is 30.3 Å². The second-order valence-corrected chi connectivity index (χ2v) is 3.99. The molecule has 4 nitrogen and oxygen atoms in total. The molecule has 2 aromatic rings. The van der Waals surface area contributed by atoms with Crippen LogP contribution in [0.5, 0.6) is 17.2 Å². The van der Waals surface area contributed by atoms with E-state index >= 15 is 0 Å². The molecule has 0 amide bonds. The van der Waals surface area contributed by atoms with E-state index in [2.05, 4.69) is 0 Å². The number of hydrogen-bond donors (Lipinski definition) is 1. The summed E-state index contributed by atoms with van der Waals surface area (Å²) in [6, 6.07) is 14.1. The Bertz CT molecular complexity index is 564. The second-order valence-electron chi connectivity index (χ2n) is 3.99. The van der Waals surface area contributed by atoms with E-state index < -0.39 is 5.97 Å². The molecule has 0 fully saturated rings. The molecule has 2 rings (SSSR count). The Balaban J connectivity index is 2.14. The molecule has 0 radical (unpaired) electrons. The Hall–Kier alpha value is -2.49. The fourth-order valence-corrected chi connectivity index (χ4v) is 1.54. The first kappa shape index (κ1) is 13.0. The van der Waals surface area contributed by atoms with Gasteiger partial charge < -0.3 is 14.6 Å². The normalized spacial score (nSPS) is 9.95. The number of phenols is 1. The molecule has 0 heterocycles. The maximum absolute atomic E-state index is 10.8. The molecule has 0 aliphatic heterocycles. The van der Waals surface area contributed by atoms with Gasteiger partial charge in [-0.2, -0.15) is 0 Å². The molecule has 0 unspecified atom stereocenters. The van der Waals surface area contributed by atoms with Gasteiger partial charge in [-0.25, -0.2) is 0 Å². The molecule has 2 aromatic carbocycles. The van der Waals surface area contributed by atoms with Gasteiger partial charge in [0.1, 0.15) is 23.9 Å². The average Bonchev–Trinajstić information content (AvgIpc) is 2.40. The summed E-state index contributed by atoms with van der Waals surface area (Å²) in [4.78, 5) is 10.8. The van der Waals surface area contributed by atoms with E-state index in [0.717, 1.165) is 0 Å². The van der Waals surface area contributed by atoms with Crippen molar-refractivity contribution in [3.05, 3.63) is 54.1 Å². The predicted molar refractivity (Wildman–Crippen MR) is 70.1 cm³/mol. The van der Waals surface area contributed by atoms with E-state index in [1.54, 1.807) is 12.1 Å². The predicted octanol–water partition coefficient (Wildman–Crippen LogP) is 3.25. The topological polar surface area (TPSA) is 55.8 Å². The zero-order valence-corrected chi connectivity index (χ0v) is 10.5. The van der Waals surface area contributed by atoms with Crippen LogP contribution in [0.25, 0.3) is 0 Å². The van der Waals surface area contributed by atoms with Crippen LogP contribution < -0.4 is 4.74 Å². The SMILES string of the molecule is CC(=O)OCc1cc(Oc2ccccc2)ccc1O. The van der Waals surface area contributed by atoms with Gasteiger partial charge in [-0.1, -0.05) is 18.2 Å². The monoisotopic (exact) mass is 258 g/mol. The fraction of sp³-hybridized carbons (Fsp3) is 0.133. The van der Waals surface area contributed by atoms with Gasteiger partial charge in [-0.05, 0) is 30.3 Å². The van der Waals surface area contributed by atoms with Crippen LogP contribution in [-0.2, 0) is 16.1 Å². The number of para-hydroxylation sites is 1. The third kappa shape index (κ3) is 3.74. The molecule has 0 saturated carbocycles. The molecule has 0 aliphatic rings. The first-order valence-corrected chi connectivity index (χ1v) is 5.83. The summed E-state index contributed by atoms with van der Waals surface area (Å²) < 4.78 is 10.5. The third-order valence-electron chi connectivity index (χ3n) is 2.46. The lowest BCUT2D eigenvalue weighted by Crippen LogP contribution is -1.99. The van der Waals surface area contributed by atoms with Gasteiger partial charge in [0.15, 0.2) is 0 Å². The Morgan fingerprint density at radius 1 is 1.11 bits per heavy atom. The Kier molecular flexibility index (Phi) is 4.03. The van der Waals surface area contributed by atoms with Crippen LogP contribution in [0.1, 0.15) is 12.5 Å². The highest BCUT2D eigenvalue weighted by molar-refractivity contribution is 5.66. The smallest absolute Gasteiger partial charge is 0.302 e. The first-order valence-electron chi connectivity index (χ1n) is 5.83. The minimum Gasteiger partial charge on any atom is -0.508 e. The number of benzene rings is 2. The average molecular weight is 258 g/mol. The lowest BCUT2D eigenvalue weighted by Gasteiger charge is -2.09. The number of phenolic OH excluding ortho intramolecular Hbond substituents is 1.